The van der Waals surface area contributed by atoms with Crippen molar-refractivity contribution in [2.24, 2.45) is 5.92 Å². The van der Waals surface area contributed by atoms with E-state index in [0.717, 1.165) is 38.3 Å². The van der Waals surface area contributed by atoms with Crippen molar-refractivity contribution in [1.29, 1.82) is 0 Å². The van der Waals surface area contributed by atoms with Crippen LogP contribution in [0.25, 0.3) is 0 Å². The largest absolute Gasteiger partial charge is 0.340 e. The average Bonchev–Trinajstić information content (AvgIpc) is 3.36. The molecule has 0 radical (unpaired) electrons. The Bertz CT molecular complexity index is 706. The van der Waals surface area contributed by atoms with Crippen molar-refractivity contribution in [1.82, 2.24) is 15.1 Å². The molecule has 5 nitrogen and oxygen atoms in total. The molecule has 1 spiro atoms. The second-order valence-electron chi connectivity index (χ2n) is 10.7. The van der Waals surface area contributed by atoms with Crippen LogP contribution in [0.3, 0.4) is 0 Å². The Hall–Kier alpha value is -1.88. The molecule has 210 valence electrons. The molecule has 6 rings (SSSR count). The summed E-state index contributed by atoms with van der Waals surface area (Å²) in [6.07, 6.45) is 17.0. The molecule has 1 unspecified atom stereocenters. The zero-order chi connectivity index (χ0) is 26.9. The van der Waals surface area contributed by atoms with Crippen LogP contribution in [0.4, 0.5) is 0 Å². The average molecular weight is 514 g/mol. The Morgan fingerprint density at radius 2 is 1.49 bits per heavy atom. The molecule has 1 aromatic carbocycles. The van der Waals surface area contributed by atoms with E-state index in [-0.39, 0.29) is 0 Å². The second kappa shape index (κ2) is 17.6. The lowest BCUT2D eigenvalue weighted by molar-refractivity contribution is -0.132. The number of likely N-dealkylation sites (tertiary alicyclic amines) is 1. The topological polar surface area (TPSA) is 52.7 Å². The van der Waals surface area contributed by atoms with Crippen LogP contribution in [0.15, 0.2) is 36.4 Å². The molecule has 1 aromatic rings. The second-order valence-corrected chi connectivity index (χ2v) is 10.7. The van der Waals surface area contributed by atoms with Crippen molar-refractivity contribution in [3.05, 3.63) is 36.4 Å². The first-order chi connectivity index (χ1) is 18.2. The third-order valence-electron chi connectivity index (χ3n) is 8.39. The Kier molecular flexibility index (Phi) is 14.9. The number of benzene rings is 1. The van der Waals surface area contributed by atoms with E-state index in [0.29, 0.717) is 23.5 Å². The van der Waals surface area contributed by atoms with E-state index in [1.807, 2.05) is 69.0 Å². The summed E-state index contributed by atoms with van der Waals surface area (Å²) in [4.78, 5) is 26.5. The fourth-order valence-corrected chi connectivity index (χ4v) is 5.90. The molecular weight excluding hydrogens is 458 g/mol. The number of nitrogens with one attached hydrogen (secondary N) is 1. The van der Waals surface area contributed by atoms with Crippen molar-refractivity contribution >= 4 is 12.3 Å². The van der Waals surface area contributed by atoms with Gasteiger partial charge < -0.3 is 15.1 Å². The minimum absolute atomic E-state index is 0.377. The summed E-state index contributed by atoms with van der Waals surface area (Å²) >= 11 is 0. The molecule has 0 bridgehead atoms. The van der Waals surface area contributed by atoms with Gasteiger partial charge in [-0.25, -0.2) is 0 Å². The Morgan fingerprint density at radius 1 is 0.838 bits per heavy atom. The SMILES string of the molecule is CC.CC.O=C1CCCC(NCC2CCC2)C[C@H]2CCCN12.O=CN1CCCC12CC2.c1ccccc1. The Balaban J connectivity index is 0.000000210. The van der Waals surface area contributed by atoms with Gasteiger partial charge >= 0.3 is 0 Å². The van der Waals surface area contributed by atoms with E-state index in [9.17, 15) is 9.59 Å². The zero-order valence-corrected chi connectivity index (χ0v) is 24.3. The Labute approximate surface area is 227 Å². The highest BCUT2D eigenvalue weighted by atomic mass is 16.2. The quantitative estimate of drug-likeness (QED) is 0.450. The number of carbonyl (C=O) groups is 2. The lowest BCUT2D eigenvalue weighted by Gasteiger charge is -2.33. The fraction of sp³-hybridized carbons (Fsp3) is 0.750. The van der Waals surface area contributed by atoms with E-state index >= 15 is 0 Å². The maximum Gasteiger partial charge on any atom is 0.222 e. The maximum atomic E-state index is 12.0. The van der Waals surface area contributed by atoms with Gasteiger partial charge in [-0.05, 0) is 83.1 Å². The number of carbonyl (C=O) groups excluding carboxylic acids is 2. The number of nitrogens with zero attached hydrogens (tertiary/aromatic N) is 2. The number of hydrogen-bond acceptors (Lipinski definition) is 3. The number of amides is 2. The highest BCUT2D eigenvalue weighted by Gasteiger charge is 2.50. The summed E-state index contributed by atoms with van der Waals surface area (Å²) in [5.74, 6) is 1.35. The summed E-state index contributed by atoms with van der Waals surface area (Å²) in [5, 5.41) is 3.78. The molecule has 5 fully saturated rings. The van der Waals surface area contributed by atoms with Gasteiger partial charge in [0.25, 0.3) is 0 Å². The molecule has 5 heteroatoms. The van der Waals surface area contributed by atoms with Gasteiger partial charge in [0.1, 0.15) is 0 Å². The number of rotatable bonds is 4. The smallest absolute Gasteiger partial charge is 0.222 e. The van der Waals surface area contributed by atoms with Crippen molar-refractivity contribution in [2.75, 3.05) is 19.6 Å². The third-order valence-corrected chi connectivity index (χ3v) is 8.39. The van der Waals surface area contributed by atoms with Crippen molar-refractivity contribution in [3.8, 4) is 0 Å². The van der Waals surface area contributed by atoms with Crippen LogP contribution < -0.4 is 5.32 Å². The minimum Gasteiger partial charge on any atom is -0.340 e. The van der Waals surface area contributed by atoms with Gasteiger partial charge in [-0.15, -0.1) is 0 Å². The van der Waals surface area contributed by atoms with Gasteiger partial charge in [0.15, 0.2) is 0 Å². The molecule has 3 saturated heterocycles. The Morgan fingerprint density at radius 3 is 2.00 bits per heavy atom. The monoisotopic (exact) mass is 513 g/mol. The van der Waals surface area contributed by atoms with Gasteiger partial charge in [0.2, 0.25) is 12.3 Å². The molecule has 2 amide bonds. The van der Waals surface area contributed by atoms with E-state index in [1.165, 1.54) is 77.2 Å². The summed E-state index contributed by atoms with van der Waals surface area (Å²) in [6.45, 7) is 11.2. The molecule has 3 aliphatic heterocycles. The van der Waals surface area contributed by atoms with Crippen molar-refractivity contribution < 1.29 is 9.59 Å². The predicted molar refractivity (Wildman–Crippen MR) is 155 cm³/mol. The van der Waals surface area contributed by atoms with Crippen LogP contribution in [-0.4, -0.2) is 59.4 Å². The minimum atomic E-state index is 0.377. The van der Waals surface area contributed by atoms with Gasteiger partial charge in [0, 0.05) is 37.1 Å². The summed E-state index contributed by atoms with van der Waals surface area (Å²) in [6, 6.07) is 13.2. The molecule has 0 aromatic heterocycles. The van der Waals surface area contributed by atoms with E-state index in [2.05, 4.69) is 10.2 Å². The molecule has 3 heterocycles. The van der Waals surface area contributed by atoms with Crippen LogP contribution >= 0.6 is 0 Å². The molecule has 2 atom stereocenters. The first-order valence-electron chi connectivity index (χ1n) is 15.5. The maximum absolute atomic E-state index is 12.0. The van der Waals surface area contributed by atoms with E-state index in [4.69, 9.17) is 0 Å². The van der Waals surface area contributed by atoms with Gasteiger partial charge in [-0.2, -0.15) is 0 Å². The highest BCUT2D eigenvalue weighted by Crippen LogP contribution is 2.48. The van der Waals surface area contributed by atoms with Crippen LogP contribution in [-0.2, 0) is 9.59 Å². The van der Waals surface area contributed by atoms with E-state index in [1.54, 1.807) is 0 Å². The van der Waals surface area contributed by atoms with Crippen LogP contribution in [0.5, 0.6) is 0 Å². The first-order valence-corrected chi connectivity index (χ1v) is 15.5. The van der Waals surface area contributed by atoms with Crippen LogP contribution in [0, 0.1) is 5.92 Å². The molecule has 2 saturated carbocycles. The first kappa shape index (κ1) is 31.3. The van der Waals surface area contributed by atoms with Gasteiger partial charge in [0.05, 0.1) is 0 Å². The van der Waals surface area contributed by atoms with Crippen molar-refractivity contribution in [2.45, 2.75) is 129 Å². The van der Waals surface area contributed by atoms with Crippen molar-refractivity contribution in [3.63, 3.8) is 0 Å². The highest BCUT2D eigenvalue weighted by molar-refractivity contribution is 5.76. The molecule has 2 aliphatic carbocycles. The lowest BCUT2D eigenvalue weighted by Crippen LogP contribution is -2.44. The lowest BCUT2D eigenvalue weighted by atomic mass is 9.85. The number of hydrogen-bond donors (Lipinski definition) is 1. The van der Waals surface area contributed by atoms with Gasteiger partial charge in [-0.3, -0.25) is 9.59 Å². The number of fused-ring (bicyclic) bond motifs is 1. The summed E-state index contributed by atoms with van der Waals surface area (Å²) in [7, 11) is 0. The zero-order valence-electron chi connectivity index (χ0n) is 24.3. The summed E-state index contributed by atoms with van der Waals surface area (Å²) in [5.41, 5.74) is 0.377. The van der Waals surface area contributed by atoms with Crippen LogP contribution in [0.1, 0.15) is 111 Å². The standard InChI is InChI=1S/C15H26N2O.C7H11NO.C6H6.2C2H6/c18-15-8-2-6-13(16-11-12-4-1-5-12)10-14-7-3-9-17(14)15;9-6-8-5-1-2-7(8)3-4-7;1-2-4-6-5-3-1;2*1-2/h12-14,16H,1-11H2;6H,1-5H2;1-6H;2*1-2H3/t13?,14-;;;;/m1..../s1. The fourth-order valence-electron chi connectivity index (χ4n) is 5.90. The molecule has 37 heavy (non-hydrogen) atoms. The predicted octanol–water partition coefficient (Wildman–Crippen LogP) is 6.82. The molecule has 1 N–H and O–H groups in total. The molecule has 5 aliphatic rings. The van der Waals surface area contributed by atoms with Gasteiger partial charge in [-0.1, -0.05) is 70.5 Å². The summed E-state index contributed by atoms with van der Waals surface area (Å²) < 4.78 is 0. The third kappa shape index (κ3) is 10.1. The molecular formula is C32H55N3O2. The van der Waals surface area contributed by atoms with E-state index < -0.39 is 0 Å². The normalized spacial score (nSPS) is 25.1. The van der Waals surface area contributed by atoms with Crippen LogP contribution in [0.2, 0.25) is 0 Å².